The largest absolute Gasteiger partial charge is 0.481 e. The Kier molecular flexibility index (Phi) is 6.12. The first-order valence-electron chi connectivity index (χ1n) is 8.60. The summed E-state index contributed by atoms with van der Waals surface area (Å²) in [5, 5.41) is 2.48. The van der Waals surface area contributed by atoms with Crippen molar-refractivity contribution >= 4 is 23.2 Å². The Bertz CT molecular complexity index is 1280. The lowest BCUT2D eigenvalue weighted by Crippen LogP contribution is -2.41. The number of halogens is 5. The van der Waals surface area contributed by atoms with Gasteiger partial charge in [0.05, 0.1) is 36.7 Å². The molecule has 0 unspecified atom stereocenters. The van der Waals surface area contributed by atoms with Crippen LogP contribution in [0, 0.1) is 5.82 Å². The van der Waals surface area contributed by atoms with Gasteiger partial charge < -0.3 is 14.8 Å². The molecule has 2 aromatic heterocycles. The van der Waals surface area contributed by atoms with Gasteiger partial charge in [0.25, 0.3) is 5.56 Å². The smallest absolute Gasteiger partial charge is 0.431 e. The summed E-state index contributed by atoms with van der Waals surface area (Å²) in [6.07, 6.45) is -4.96. The summed E-state index contributed by atoms with van der Waals surface area (Å²) in [5.74, 6) is -0.978. The van der Waals surface area contributed by atoms with Crippen LogP contribution in [-0.4, -0.2) is 33.3 Å². The summed E-state index contributed by atoms with van der Waals surface area (Å²) in [4.78, 5) is 32.8. The van der Waals surface area contributed by atoms with Crippen LogP contribution < -0.4 is 26.0 Å². The van der Waals surface area contributed by atoms with Crippen LogP contribution in [0.25, 0.3) is 5.69 Å². The normalized spacial score (nSPS) is 11.4. The molecule has 0 fully saturated rings. The number of aromatic nitrogens is 4. The van der Waals surface area contributed by atoms with E-state index < -0.39 is 34.6 Å². The summed E-state index contributed by atoms with van der Waals surface area (Å²) in [7, 11) is 3.51. The third-order valence-corrected chi connectivity index (χ3v) is 4.54. The second-order valence-electron chi connectivity index (χ2n) is 6.23. The minimum Gasteiger partial charge on any atom is -0.481 e. The van der Waals surface area contributed by atoms with Crippen LogP contribution in [0.1, 0.15) is 5.69 Å². The number of nitrogens with one attached hydrogen (secondary N) is 1. The SMILES string of the molecule is COc1cc(OC)nc(Nc2cc(-n3c(=O)cc(C(F)(F)F)n(C)c3=O)c(F)cc2Cl)n1. The number of alkyl halides is 3. The summed E-state index contributed by atoms with van der Waals surface area (Å²) >= 11 is 6.04. The molecular weight excluding hydrogens is 462 g/mol. The summed E-state index contributed by atoms with van der Waals surface area (Å²) < 4.78 is 64.3. The Labute approximate surface area is 181 Å². The zero-order valence-electron chi connectivity index (χ0n) is 16.6. The lowest BCUT2D eigenvalue weighted by Gasteiger charge is -2.16. The van der Waals surface area contributed by atoms with Gasteiger partial charge in [-0.05, 0) is 12.1 Å². The molecule has 0 aliphatic rings. The fraction of sp³-hybridized carbons (Fsp3) is 0.222. The van der Waals surface area contributed by atoms with Crippen LogP contribution in [0.15, 0.2) is 33.9 Å². The third kappa shape index (κ3) is 4.37. The zero-order valence-corrected chi connectivity index (χ0v) is 17.4. The predicted molar refractivity (Wildman–Crippen MR) is 106 cm³/mol. The van der Waals surface area contributed by atoms with E-state index in [-0.39, 0.29) is 43.6 Å². The van der Waals surface area contributed by atoms with Gasteiger partial charge in [0.15, 0.2) is 0 Å². The van der Waals surface area contributed by atoms with Gasteiger partial charge in [-0.3, -0.25) is 9.36 Å². The minimum atomic E-state index is -4.96. The van der Waals surface area contributed by atoms with E-state index in [0.717, 1.165) is 19.2 Å². The van der Waals surface area contributed by atoms with Crippen molar-refractivity contribution in [2.45, 2.75) is 6.18 Å². The molecule has 0 aliphatic heterocycles. The first-order chi connectivity index (χ1) is 15.0. The number of rotatable bonds is 5. The number of methoxy groups -OCH3 is 2. The summed E-state index contributed by atoms with van der Waals surface area (Å²) in [6, 6.07) is 3.32. The molecule has 32 heavy (non-hydrogen) atoms. The maximum absolute atomic E-state index is 14.6. The van der Waals surface area contributed by atoms with Crippen molar-refractivity contribution in [1.29, 1.82) is 0 Å². The molecule has 0 spiro atoms. The number of anilines is 2. The van der Waals surface area contributed by atoms with Gasteiger partial charge >= 0.3 is 11.9 Å². The highest BCUT2D eigenvalue weighted by Gasteiger charge is 2.35. The van der Waals surface area contributed by atoms with E-state index in [9.17, 15) is 27.2 Å². The second-order valence-corrected chi connectivity index (χ2v) is 6.63. The molecule has 1 N–H and O–H groups in total. The third-order valence-electron chi connectivity index (χ3n) is 4.23. The average molecular weight is 476 g/mol. The van der Waals surface area contributed by atoms with Crippen LogP contribution in [-0.2, 0) is 13.2 Å². The minimum absolute atomic E-state index is 0.0489. The van der Waals surface area contributed by atoms with Gasteiger partial charge in [0.2, 0.25) is 17.7 Å². The molecule has 1 aromatic carbocycles. The van der Waals surface area contributed by atoms with E-state index in [1.807, 2.05) is 0 Å². The highest BCUT2D eigenvalue weighted by Crippen LogP contribution is 2.30. The highest BCUT2D eigenvalue weighted by atomic mass is 35.5. The number of nitrogens with zero attached hydrogens (tertiary/aromatic N) is 4. The number of hydrogen-bond donors (Lipinski definition) is 1. The molecule has 3 rings (SSSR count). The molecule has 3 aromatic rings. The Balaban J connectivity index is 2.16. The van der Waals surface area contributed by atoms with Gasteiger partial charge in [-0.1, -0.05) is 11.6 Å². The summed E-state index contributed by atoms with van der Waals surface area (Å²) in [6.45, 7) is 0. The number of ether oxygens (including phenoxy) is 2. The van der Waals surface area contributed by atoms with Crippen molar-refractivity contribution in [2.24, 2.45) is 7.05 Å². The molecule has 0 radical (unpaired) electrons. The Morgan fingerprint density at radius 3 is 2.16 bits per heavy atom. The van der Waals surface area contributed by atoms with Gasteiger partial charge in [-0.25, -0.2) is 13.8 Å². The van der Waals surface area contributed by atoms with Crippen molar-refractivity contribution in [3.63, 3.8) is 0 Å². The molecule has 170 valence electrons. The Hall–Kier alpha value is -3.61. The molecule has 0 amide bonds. The second kappa shape index (κ2) is 8.49. The van der Waals surface area contributed by atoms with E-state index in [1.54, 1.807) is 0 Å². The van der Waals surface area contributed by atoms with Crippen LogP contribution in [0.2, 0.25) is 5.02 Å². The Morgan fingerprint density at radius 2 is 1.62 bits per heavy atom. The fourth-order valence-electron chi connectivity index (χ4n) is 2.71. The fourth-order valence-corrected chi connectivity index (χ4v) is 2.91. The number of benzene rings is 1. The average Bonchev–Trinajstić information content (AvgIpc) is 2.72. The quantitative estimate of drug-likeness (QED) is 0.566. The van der Waals surface area contributed by atoms with Gasteiger partial charge in [0, 0.05) is 13.1 Å². The van der Waals surface area contributed by atoms with Crippen molar-refractivity contribution in [3.05, 3.63) is 61.6 Å². The van der Waals surface area contributed by atoms with E-state index in [4.69, 9.17) is 21.1 Å². The predicted octanol–water partition coefficient (Wildman–Crippen LogP) is 2.90. The molecule has 0 bridgehead atoms. The first-order valence-corrected chi connectivity index (χ1v) is 8.97. The van der Waals surface area contributed by atoms with Crippen molar-refractivity contribution in [2.75, 3.05) is 19.5 Å². The lowest BCUT2D eigenvalue weighted by atomic mass is 10.2. The molecule has 9 nitrogen and oxygen atoms in total. The Morgan fingerprint density at radius 1 is 1.03 bits per heavy atom. The molecule has 0 saturated heterocycles. The van der Waals surface area contributed by atoms with Crippen molar-refractivity contribution in [3.8, 4) is 17.4 Å². The lowest BCUT2D eigenvalue weighted by molar-refractivity contribution is -0.144. The standard InChI is InChI=1S/C18H14ClF4N5O4/c1-27-12(18(21,22)23)6-15(29)28(17(27)30)11-5-10(8(19)4-9(11)20)24-16-25-13(31-2)7-14(26-16)32-3/h4-7H,1-3H3,(H,24,25,26). The zero-order chi connectivity index (χ0) is 23.8. The molecular formula is C18H14ClF4N5O4. The highest BCUT2D eigenvalue weighted by molar-refractivity contribution is 6.33. The van der Waals surface area contributed by atoms with E-state index >= 15 is 0 Å². The van der Waals surface area contributed by atoms with Crippen molar-refractivity contribution < 1.29 is 27.0 Å². The van der Waals surface area contributed by atoms with Crippen LogP contribution >= 0.6 is 11.6 Å². The maximum atomic E-state index is 14.6. The molecule has 2 heterocycles. The maximum Gasteiger partial charge on any atom is 0.431 e. The van der Waals surface area contributed by atoms with Crippen LogP contribution in [0.4, 0.5) is 29.2 Å². The van der Waals surface area contributed by atoms with Crippen LogP contribution in [0.5, 0.6) is 11.8 Å². The molecule has 0 saturated carbocycles. The topological polar surface area (TPSA) is 100 Å². The number of hydrogen-bond acceptors (Lipinski definition) is 7. The van der Waals surface area contributed by atoms with E-state index in [0.29, 0.717) is 0 Å². The molecule has 14 heteroatoms. The molecule has 0 atom stereocenters. The van der Waals surface area contributed by atoms with Gasteiger partial charge in [0.1, 0.15) is 11.5 Å². The van der Waals surface area contributed by atoms with E-state index in [2.05, 4.69) is 15.3 Å². The van der Waals surface area contributed by atoms with Crippen molar-refractivity contribution in [1.82, 2.24) is 19.1 Å². The molecule has 0 aliphatic carbocycles. The van der Waals surface area contributed by atoms with Gasteiger partial charge in [-0.15, -0.1) is 0 Å². The first kappa shape index (κ1) is 23.1. The summed E-state index contributed by atoms with van der Waals surface area (Å²) in [5.41, 5.74) is -4.95. The monoisotopic (exact) mass is 475 g/mol. The van der Waals surface area contributed by atoms with Gasteiger partial charge in [-0.2, -0.15) is 23.1 Å². The van der Waals surface area contributed by atoms with E-state index in [1.165, 1.54) is 20.3 Å². The van der Waals surface area contributed by atoms with Crippen LogP contribution in [0.3, 0.4) is 0 Å².